The molecule has 1 atom stereocenters. The van der Waals surface area contributed by atoms with Gasteiger partial charge in [-0.05, 0) is 6.07 Å². The number of nitrogens with zero attached hydrogens (tertiary/aromatic N) is 2. The summed E-state index contributed by atoms with van der Waals surface area (Å²) in [5.74, 6) is 0. The molecule has 1 N–H and O–H groups in total. The van der Waals surface area contributed by atoms with Crippen molar-refractivity contribution in [1.82, 2.24) is 9.78 Å². The molecule has 4 heteroatoms. The molecular formula is C6H9IN2O. The van der Waals surface area contributed by atoms with E-state index in [1.54, 1.807) is 4.68 Å². The Labute approximate surface area is 73.2 Å². The Balaban J connectivity index is 2.74. The summed E-state index contributed by atoms with van der Waals surface area (Å²) >= 11 is 2.16. The molecule has 0 saturated carbocycles. The van der Waals surface area contributed by atoms with Gasteiger partial charge >= 0.3 is 0 Å². The first-order valence-corrected chi connectivity index (χ1v) is 4.23. The fraction of sp³-hybridized carbons (Fsp3) is 0.500. The largest absolute Gasteiger partial charge is 0.395 e. The molecule has 0 spiro atoms. The van der Waals surface area contributed by atoms with Crippen molar-refractivity contribution in [3.05, 3.63) is 18.0 Å². The number of alkyl halides is 1. The Morgan fingerprint density at radius 1 is 1.90 bits per heavy atom. The van der Waals surface area contributed by atoms with Crippen LogP contribution in [0.5, 0.6) is 0 Å². The predicted molar refractivity (Wildman–Crippen MR) is 47.1 cm³/mol. The Morgan fingerprint density at radius 3 is 3.00 bits per heavy atom. The molecule has 0 aliphatic carbocycles. The third-order valence-corrected chi connectivity index (χ3v) is 2.25. The van der Waals surface area contributed by atoms with Gasteiger partial charge in [-0.25, -0.2) is 0 Å². The summed E-state index contributed by atoms with van der Waals surface area (Å²) in [5.41, 5.74) is 0.936. The highest BCUT2D eigenvalue weighted by Crippen LogP contribution is 2.19. The SMILES string of the molecule is Cn1ccc(C(I)CO)n1. The first-order valence-electron chi connectivity index (χ1n) is 2.98. The lowest BCUT2D eigenvalue weighted by atomic mass is 10.3. The standard InChI is InChI=1S/C6H9IN2O/c1-9-3-2-6(8-9)5(7)4-10/h2-3,5,10H,4H2,1H3. The van der Waals surface area contributed by atoms with Crippen molar-refractivity contribution in [2.24, 2.45) is 7.05 Å². The zero-order valence-electron chi connectivity index (χ0n) is 5.66. The highest BCUT2D eigenvalue weighted by molar-refractivity contribution is 14.1. The highest BCUT2D eigenvalue weighted by Gasteiger charge is 2.07. The summed E-state index contributed by atoms with van der Waals surface area (Å²) in [5, 5.41) is 12.9. The van der Waals surface area contributed by atoms with Crippen molar-refractivity contribution in [1.29, 1.82) is 0 Å². The topological polar surface area (TPSA) is 38.0 Å². The summed E-state index contributed by atoms with van der Waals surface area (Å²) in [7, 11) is 1.87. The Morgan fingerprint density at radius 2 is 2.60 bits per heavy atom. The molecular weight excluding hydrogens is 243 g/mol. The number of aryl methyl sites for hydroxylation is 1. The van der Waals surface area contributed by atoms with Crippen LogP contribution in [-0.4, -0.2) is 21.5 Å². The van der Waals surface area contributed by atoms with E-state index in [0.29, 0.717) is 0 Å². The molecule has 0 radical (unpaired) electrons. The van der Waals surface area contributed by atoms with Gasteiger partial charge in [-0.1, -0.05) is 22.6 Å². The summed E-state index contributed by atoms with van der Waals surface area (Å²) in [6, 6.07) is 1.91. The van der Waals surface area contributed by atoms with Crippen molar-refractivity contribution < 1.29 is 5.11 Å². The molecule has 0 aliphatic rings. The van der Waals surface area contributed by atoms with Crippen molar-refractivity contribution in [2.45, 2.75) is 3.92 Å². The molecule has 1 heterocycles. The van der Waals surface area contributed by atoms with Crippen LogP contribution in [0, 0.1) is 0 Å². The van der Waals surface area contributed by atoms with E-state index >= 15 is 0 Å². The minimum absolute atomic E-state index is 0.124. The van der Waals surface area contributed by atoms with Gasteiger partial charge in [-0.15, -0.1) is 0 Å². The molecule has 0 fully saturated rings. The Hall–Kier alpha value is -0.100. The molecule has 56 valence electrons. The van der Waals surface area contributed by atoms with Crippen molar-refractivity contribution in [2.75, 3.05) is 6.61 Å². The maximum atomic E-state index is 8.74. The minimum Gasteiger partial charge on any atom is -0.395 e. The molecule has 0 aliphatic heterocycles. The Bertz CT molecular complexity index is 211. The van der Waals surface area contributed by atoms with Crippen LogP contribution in [0.4, 0.5) is 0 Å². The molecule has 0 bridgehead atoms. The zero-order valence-corrected chi connectivity index (χ0v) is 7.82. The predicted octanol–water partition coefficient (Wildman–Crippen LogP) is 0.888. The molecule has 1 aromatic heterocycles. The lowest BCUT2D eigenvalue weighted by Crippen LogP contribution is -1.97. The fourth-order valence-corrected chi connectivity index (χ4v) is 1.03. The summed E-state index contributed by atoms with van der Waals surface area (Å²) in [6.07, 6.45) is 1.87. The number of aliphatic hydroxyl groups excluding tert-OH is 1. The van der Waals surface area contributed by atoms with Gasteiger partial charge in [-0.2, -0.15) is 5.10 Å². The van der Waals surface area contributed by atoms with Gasteiger partial charge in [0, 0.05) is 13.2 Å². The van der Waals surface area contributed by atoms with Crippen LogP contribution in [0.25, 0.3) is 0 Å². The van der Waals surface area contributed by atoms with E-state index in [-0.39, 0.29) is 10.5 Å². The number of aliphatic hydroxyl groups is 1. The zero-order chi connectivity index (χ0) is 7.56. The van der Waals surface area contributed by atoms with Crippen molar-refractivity contribution in [3.63, 3.8) is 0 Å². The van der Waals surface area contributed by atoms with Gasteiger partial charge in [0.25, 0.3) is 0 Å². The second kappa shape index (κ2) is 3.34. The molecule has 0 amide bonds. The number of rotatable bonds is 2. The second-order valence-corrected chi connectivity index (χ2v) is 3.57. The number of hydrogen-bond acceptors (Lipinski definition) is 2. The minimum atomic E-state index is 0.124. The van der Waals surface area contributed by atoms with Gasteiger partial charge in [0.2, 0.25) is 0 Å². The van der Waals surface area contributed by atoms with Gasteiger partial charge in [0.15, 0.2) is 0 Å². The second-order valence-electron chi connectivity index (χ2n) is 2.06. The van der Waals surface area contributed by atoms with Crippen LogP contribution in [0.1, 0.15) is 9.62 Å². The molecule has 1 rings (SSSR count). The van der Waals surface area contributed by atoms with Crippen LogP contribution >= 0.6 is 22.6 Å². The fourth-order valence-electron chi connectivity index (χ4n) is 0.694. The van der Waals surface area contributed by atoms with Crippen LogP contribution in [0.3, 0.4) is 0 Å². The first kappa shape index (κ1) is 8.00. The number of aromatic nitrogens is 2. The van der Waals surface area contributed by atoms with Gasteiger partial charge in [0.1, 0.15) is 0 Å². The van der Waals surface area contributed by atoms with Gasteiger partial charge in [0.05, 0.1) is 16.2 Å². The van der Waals surface area contributed by atoms with E-state index in [1.807, 2.05) is 19.3 Å². The van der Waals surface area contributed by atoms with Crippen molar-refractivity contribution >= 4 is 22.6 Å². The first-order chi connectivity index (χ1) is 4.74. The molecule has 0 aromatic carbocycles. The maximum absolute atomic E-state index is 8.74. The summed E-state index contributed by atoms with van der Waals surface area (Å²) in [6.45, 7) is 0.150. The average Bonchev–Trinajstić information content (AvgIpc) is 2.34. The van der Waals surface area contributed by atoms with Crippen LogP contribution in [-0.2, 0) is 7.05 Å². The van der Waals surface area contributed by atoms with E-state index in [4.69, 9.17) is 5.11 Å². The molecule has 10 heavy (non-hydrogen) atoms. The van der Waals surface area contributed by atoms with Gasteiger partial charge < -0.3 is 5.11 Å². The molecule has 3 nitrogen and oxygen atoms in total. The number of hydrogen-bond donors (Lipinski definition) is 1. The normalized spacial score (nSPS) is 13.5. The van der Waals surface area contributed by atoms with Crippen LogP contribution in [0.2, 0.25) is 0 Å². The monoisotopic (exact) mass is 252 g/mol. The summed E-state index contributed by atoms with van der Waals surface area (Å²) in [4.78, 5) is 0. The smallest absolute Gasteiger partial charge is 0.0781 e. The van der Waals surface area contributed by atoms with E-state index < -0.39 is 0 Å². The van der Waals surface area contributed by atoms with E-state index in [9.17, 15) is 0 Å². The third-order valence-electron chi connectivity index (χ3n) is 1.22. The van der Waals surface area contributed by atoms with E-state index in [2.05, 4.69) is 27.7 Å². The summed E-state index contributed by atoms with van der Waals surface area (Å²) < 4.78 is 1.86. The quantitative estimate of drug-likeness (QED) is 0.627. The third kappa shape index (κ3) is 1.69. The van der Waals surface area contributed by atoms with Gasteiger partial charge in [-0.3, -0.25) is 4.68 Å². The maximum Gasteiger partial charge on any atom is 0.0781 e. The lowest BCUT2D eigenvalue weighted by molar-refractivity contribution is 0.299. The van der Waals surface area contributed by atoms with E-state index in [1.165, 1.54) is 0 Å². The highest BCUT2D eigenvalue weighted by atomic mass is 127. The lowest BCUT2D eigenvalue weighted by Gasteiger charge is -1.99. The molecule has 1 unspecified atom stereocenters. The molecule has 1 aromatic rings. The number of halogens is 1. The van der Waals surface area contributed by atoms with Crippen molar-refractivity contribution in [3.8, 4) is 0 Å². The average molecular weight is 252 g/mol. The molecule has 0 saturated heterocycles. The van der Waals surface area contributed by atoms with E-state index in [0.717, 1.165) is 5.69 Å². The van der Waals surface area contributed by atoms with Crippen LogP contribution < -0.4 is 0 Å². The Kier molecular flexibility index (Phi) is 2.67. The van der Waals surface area contributed by atoms with Crippen LogP contribution in [0.15, 0.2) is 12.3 Å².